The lowest BCUT2D eigenvalue weighted by Gasteiger charge is -2.14. The van der Waals surface area contributed by atoms with Crippen LogP contribution >= 0.6 is 0 Å². The zero-order chi connectivity index (χ0) is 11.1. The van der Waals surface area contributed by atoms with Gasteiger partial charge in [-0.25, -0.2) is 0 Å². The summed E-state index contributed by atoms with van der Waals surface area (Å²) in [5.41, 5.74) is 15.8. The quantitative estimate of drug-likeness (QED) is 0.332. The number of nitrogens with zero attached hydrogens (tertiary/aromatic N) is 1. The maximum absolute atomic E-state index is 10.5. The minimum Gasteiger partial charge on any atom is -0.480 e. The highest BCUT2D eigenvalue weighted by Crippen LogP contribution is 2.08. The molecule has 0 spiro atoms. The Balaban J connectivity index is 4.22. The van der Waals surface area contributed by atoms with Gasteiger partial charge in [0.25, 0.3) is 0 Å². The molecule has 0 radical (unpaired) electrons. The first kappa shape index (κ1) is 12.7. The largest absolute Gasteiger partial charge is 0.480 e. The molecule has 0 aliphatic rings. The average Bonchev–Trinajstić information content (AvgIpc) is 2.02. The van der Waals surface area contributed by atoms with Crippen molar-refractivity contribution in [3.63, 3.8) is 0 Å². The summed E-state index contributed by atoms with van der Waals surface area (Å²) < 4.78 is 0. The van der Waals surface area contributed by atoms with E-state index < -0.39 is 12.0 Å². The fraction of sp³-hybridized carbons (Fsp3) is 0.750. The summed E-state index contributed by atoms with van der Waals surface area (Å²) in [4.78, 5) is 14.4. The highest BCUT2D eigenvalue weighted by atomic mass is 16.4. The Labute approximate surface area is 83.2 Å². The molecule has 0 aliphatic heterocycles. The number of carbonyl (C=O) groups is 1. The molecule has 82 valence electrons. The average molecular weight is 202 g/mol. The minimum absolute atomic E-state index is 0.0268. The second-order valence-electron chi connectivity index (χ2n) is 3.18. The molecule has 0 aromatic heterocycles. The number of hydrogen-bond donors (Lipinski definition) is 4. The van der Waals surface area contributed by atoms with Crippen LogP contribution in [0.3, 0.4) is 0 Å². The van der Waals surface area contributed by atoms with E-state index in [0.29, 0.717) is 0 Å². The zero-order valence-corrected chi connectivity index (χ0v) is 8.31. The van der Waals surface area contributed by atoms with Crippen LogP contribution in [0.4, 0.5) is 0 Å². The molecule has 6 heteroatoms. The van der Waals surface area contributed by atoms with Crippen LogP contribution in [0.5, 0.6) is 0 Å². The standard InChI is InChI=1S/C8H18N4O2/c1-2-3-5(12-8(10)11)4-6(9)7(13)14/h5-6H,2-4,9H2,1H3,(H,13,14)(H4,10,11,12). The molecule has 2 atom stereocenters. The maximum Gasteiger partial charge on any atom is 0.320 e. The Hall–Kier alpha value is -1.30. The molecule has 0 saturated heterocycles. The topological polar surface area (TPSA) is 128 Å². The number of guanidine groups is 1. The van der Waals surface area contributed by atoms with Gasteiger partial charge in [-0.2, -0.15) is 0 Å². The smallest absolute Gasteiger partial charge is 0.320 e. The Morgan fingerprint density at radius 1 is 1.50 bits per heavy atom. The van der Waals surface area contributed by atoms with Gasteiger partial charge in [0.15, 0.2) is 5.96 Å². The molecule has 0 saturated carbocycles. The summed E-state index contributed by atoms with van der Waals surface area (Å²) in [6.07, 6.45) is 1.88. The van der Waals surface area contributed by atoms with Crippen molar-refractivity contribution in [1.29, 1.82) is 0 Å². The van der Waals surface area contributed by atoms with Gasteiger partial charge in [-0.3, -0.25) is 9.79 Å². The van der Waals surface area contributed by atoms with E-state index in [0.717, 1.165) is 12.8 Å². The fourth-order valence-corrected chi connectivity index (χ4v) is 1.17. The third kappa shape index (κ3) is 5.36. The van der Waals surface area contributed by atoms with Gasteiger partial charge < -0.3 is 22.3 Å². The van der Waals surface area contributed by atoms with E-state index in [9.17, 15) is 4.79 Å². The first-order valence-electron chi connectivity index (χ1n) is 4.54. The highest BCUT2D eigenvalue weighted by molar-refractivity contribution is 5.76. The number of nitrogens with two attached hydrogens (primary N) is 3. The van der Waals surface area contributed by atoms with Crippen molar-refractivity contribution in [2.45, 2.75) is 38.3 Å². The molecule has 0 rings (SSSR count). The normalized spacial score (nSPS) is 14.4. The van der Waals surface area contributed by atoms with Crippen LogP contribution in [0.1, 0.15) is 26.2 Å². The second kappa shape index (κ2) is 6.20. The number of hydrogen-bond acceptors (Lipinski definition) is 3. The summed E-state index contributed by atoms with van der Waals surface area (Å²) >= 11 is 0. The van der Waals surface area contributed by atoms with Crippen molar-refractivity contribution in [3.05, 3.63) is 0 Å². The van der Waals surface area contributed by atoms with Gasteiger partial charge >= 0.3 is 5.97 Å². The fourth-order valence-electron chi connectivity index (χ4n) is 1.17. The van der Waals surface area contributed by atoms with Crippen LogP contribution < -0.4 is 17.2 Å². The molecule has 0 aromatic carbocycles. The second-order valence-corrected chi connectivity index (χ2v) is 3.18. The van der Waals surface area contributed by atoms with Crippen LogP contribution in [0, 0.1) is 0 Å². The van der Waals surface area contributed by atoms with E-state index in [4.69, 9.17) is 22.3 Å². The van der Waals surface area contributed by atoms with E-state index >= 15 is 0 Å². The summed E-state index contributed by atoms with van der Waals surface area (Å²) in [6.45, 7) is 1.97. The van der Waals surface area contributed by atoms with E-state index in [1.165, 1.54) is 0 Å². The molecule has 0 heterocycles. The Morgan fingerprint density at radius 3 is 2.43 bits per heavy atom. The van der Waals surface area contributed by atoms with Crippen molar-refractivity contribution in [2.75, 3.05) is 0 Å². The molecule has 0 amide bonds. The van der Waals surface area contributed by atoms with Crippen molar-refractivity contribution in [3.8, 4) is 0 Å². The van der Waals surface area contributed by atoms with Crippen LogP contribution in [0.2, 0.25) is 0 Å². The molecule has 0 bridgehead atoms. The first-order chi connectivity index (χ1) is 6.47. The van der Waals surface area contributed by atoms with Gasteiger partial charge in [0.2, 0.25) is 0 Å². The van der Waals surface area contributed by atoms with Crippen LogP contribution in [0.15, 0.2) is 4.99 Å². The van der Waals surface area contributed by atoms with Gasteiger partial charge in [0.1, 0.15) is 6.04 Å². The summed E-state index contributed by atoms with van der Waals surface area (Å²) in [6, 6.07) is -1.11. The van der Waals surface area contributed by atoms with Crippen LogP contribution in [-0.2, 0) is 4.79 Å². The molecule has 0 aliphatic carbocycles. The van der Waals surface area contributed by atoms with Crippen LogP contribution in [-0.4, -0.2) is 29.1 Å². The van der Waals surface area contributed by atoms with Gasteiger partial charge in [-0.05, 0) is 12.8 Å². The lowest BCUT2D eigenvalue weighted by molar-refractivity contribution is -0.138. The number of aliphatic carboxylic acids is 1. The summed E-state index contributed by atoms with van der Waals surface area (Å²) in [5, 5.41) is 8.60. The van der Waals surface area contributed by atoms with Crippen LogP contribution in [0.25, 0.3) is 0 Å². The maximum atomic E-state index is 10.5. The zero-order valence-electron chi connectivity index (χ0n) is 8.31. The van der Waals surface area contributed by atoms with Crippen molar-refractivity contribution >= 4 is 11.9 Å². The van der Waals surface area contributed by atoms with Gasteiger partial charge in [0.05, 0.1) is 6.04 Å². The monoisotopic (exact) mass is 202 g/mol. The van der Waals surface area contributed by atoms with E-state index in [1.54, 1.807) is 0 Å². The Bertz CT molecular complexity index is 213. The first-order valence-corrected chi connectivity index (χ1v) is 4.54. The Morgan fingerprint density at radius 2 is 2.07 bits per heavy atom. The summed E-state index contributed by atoms with van der Waals surface area (Å²) in [7, 11) is 0. The lowest BCUT2D eigenvalue weighted by atomic mass is 10.0. The predicted molar refractivity (Wildman–Crippen MR) is 54.7 cm³/mol. The van der Waals surface area contributed by atoms with Crippen molar-refractivity contribution in [1.82, 2.24) is 0 Å². The molecule has 7 N–H and O–H groups in total. The third-order valence-electron chi connectivity index (χ3n) is 1.80. The molecular weight excluding hydrogens is 184 g/mol. The number of rotatable bonds is 6. The van der Waals surface area contributed by atoms with Gasteiger partial charge in [-0.1, -0.05) is 13.3 Å². The molecule has 6 nitrogen and oxygen atoms in total. The molecule has 0 aromatic rings. The van der Waals surface area contributed by atoms with Gasteiger partial charge in [-0.15, -0.1) is 0 Å². The molecule has 0 fully saturated rings. The molecule has 2 unspecified atom stereocenters. The number of carboxylic acid groups (broad SMARTS) is 1. The van der Waals surface area contributed by atoms with Gasteiger partial charge in [0, 0.05) is 0 Å². The number of carboxylic acids is 1. The van der Waals surface area contributed by atoms with Crippen molar-refractivity contribution < 1.29 is 9.90 Å². The van der Waals surface area contributed by atoms with E-state index in [2.05, 4.69) is 4.99 Å². The summed E-state index contributed by atoms with van der Waals surface area (Å²) in [5.74, 6) is -1.06. The SMILES string of the molecule is CCCC(CC(N)C(=O)O)N=C(N)N. The highest BCUT2D eigenvalue weighted by Gasteiger charge is 2.17. The third-order valence-corrected chi connectivity index (χ3v) is 1.80. The van der Waals surface area contributed by atoms with E-state index in [1.807, 2.05) is 6.92 Å². The number of aliphatic imine (C=N–C) groups is 1. The molecular formula is C8H18N4O2. The van der Waals surface area contributed by atoms with E-state index in [-0.39, 0.29) is 18.4 Å². The predicted octanol–water partition coefficient (Wildman–Crippen LogP) is -0.769. The van der Waals surface area contributed by atoms with Crippen molar-refractivity contribution in [2.24, 2.45) is 22.2 Å². The lowest BCUT2D eigenvalue weighted by Crippen LogP contribution is -2.35. The molecule has 14 heavy (non-hydrogen) atoms. The Kier molecular flexibility index (Phi) is 5.62. The minimum atomic E-state index is -1.03.